The summed E-state index contributed by atoms with van der Waals surface area (Å²) < 4.78 is 1.71. The molecule has 0 aromatic carbocycles. The zero-order valence-corrected chi connectivity index (χ0v) is 10.6. The maximum absolute atomic E-state index is 11.5. The lowest BCUT2D eigenvalue weighted by atomic mass is 9.80. The predicted molar refractivity (Wildman–Crippen MR) is 64.5 cm³/mol. The fourth-order valence-electron chi connectivity index (χ4n) is 1.66. The minimum atomic E-state index is -0.611. The standard InChI is InChI=1S/C10H14BrN3O2/c1-14-9(15)8(11)7(5-13-14)12-6-10(16)3-2-4-10/h5,12,16H,2-4,6H2,1H3. The Labute approximate surface area is 102 Å². The third kappa shape index (κ3) is 2.12. The summed E-state index contributed by atoms with van der Waals surface area (Å²) in [6, 6.07) is 0. The molecule has 1 aliphatic rings. The molecule has 0 radical (unpaired) electrons. The number of hydrogen-bond donors (Lipinski definition) is 2. The van der Waals surface area contributed by atoms with Crippen LogP contribution in [0, 0.1) is 0 Å². The van der Waals surface area contributed by atoms with Gasteiger partial charge >= 0.3 is 0 Å². The summed E-state index contributed by atoms with van der Waals surface area (Å²) in [6.45, 7) is 0.459. The van der Waals surface area contributed by atoms with Crippen LogP contribution in [0.3, 0.4) is 0 Å². The molecule has 0 spiro atoms. The number of rotatable bonds is 3. The van der Waals surface area contributed by atoms with E-state index in [1.54, 1.807) is 13.2 Å². The predicted octanol–water partition coefficient (Wildman–Crippen LogP) is 0.870. The molecule has 2 rings (SSSR count). The normalized spacial score (nSPS) is 17.9. The van der Waals surface area contributed by atoms with Gasteiger partial charge in [0.2, 0.25) is 0 Å². The van der Waals surface area contributed by atoms with Crippen molar-refractivity contribution >= 4 is 21.6 Å². The van der Waals surface area contributed by atoms with Crippen LogP contribution in [0.15, 0.2) is 15.5 Å². The fourth-order valence-corrected chi connectivity index (χ4v) is 2.15. The Kier molecular flexibility index (Phi) is 3.03. The Hall–Kier alpha value is -0.880. The van der Waals surface area contributed by atoms with Crippen LogP contribution in [0.2, 0.25) is 0 Å². The number of nitrogens with one attached hydrogen (secondary N) is 1. The average Bonchev–Trinajstić information content (AvgIpc) is 2.22. The van der Waals surface area contributed by atoms with Crippen LogP contribution in [-0.2, 0) is 7.05 Å². The van der Waals surface area contributed by atoms with E-state index < -0.39 is 5.60 Å². The number of hydrogen-bond acceptors (Lipinski definition) is 4. The van der Waals surface area contributed by atoms with Crippen molar-refractivity contribution in [3.8, 4) is 0 Å². The summed E-state index contributed by atoms with van der Waals surface area (Å²) in [6.07, 6.45) is 4.27. The molecule has 1 aromatic heterocycles. The number of nitrogens with zero attached hydrogens (tertiary/aromatic N) is 2. The minimum Gasteiger partial charge on any atom is -0.388 e. The van der Waals surface area contributed by atoms with Crippen molar-refractivity contribution in [1.82, 2.24) is 9.78 Å². The molecule has 0 bridgehead atoms. The fraction of sp³-hybridized carbons (Fsp3) is 0.600. The van der Waals surface area contributed by atoms with Crippen molar-refractivity contribution in [3.05, 3.63) is 21.0 Å². The number of aliphatic hydroxyl groups is 1. The summed E-state index contributed by atoms with van der Waals surface area (Å²) in [5.41, 5.74) is -0.172. The molecule has 1 saturated carbocycles. The van der Waals surface area contributed by atoms with E-state index in [-0.39, 0.29) is 5.56 Å². The number of aryl methyl sites for hydroxylation is 1. The first kappa shape index (κ1) is 11.6. The topological polar surface area (TPSA) is 67.2 Å². The van der Waals surface area contributed by atoms with Crippen LogP contribution in [0.5, 0.6) is 0 Å². The first-order chi connectivity index (χ1) is 7.52. The zero-order chi connectivity index (χ0) is 11.8. The summed E-state index contributed by atoms with van der Waals surface area (Å²) in [5.74, 6) is 0. The average molecular weight is 288 g/mol. The molecule has 16 heavy (non-hydrogen) atoms. The molecule has 0 aliphatic heterocycles. The highest BCUT2D eigenvalue weighted by molar-refractivity contribution is 9.10. The molecule has 1 fully saturated rings. The lowest BCUT2D eigenvalue weighted by Gasteiger charge is -2.36. The van der Waals surface area contributed by atoms with Crippen molar-refractivity contribution in [2.24, 2.45) is 7.05 Å². The van der Waals surface area contributed by atoms with Gasteiger partial charge in [-0.2, -0.15) is 5.10 Å². The van der Waals surface area contributed by atoms with E-state index >= 15 is 0 Å². The highest BCUT2D eigenvalue weighted by Crippen LogP contribution is 2.32. The lowest BCUT2D eigenvalue weighted by Crippen LogP contribution is -2.43. The van der Waals surface area contributed by atoms with Crippen molar-refractivity contribution in [2.75, 3.05) is 11.9 Å². The zero-order valence-electron chi connectivity index (χ0n) is 9.03. The molecule has 0 atom stereocenters. The quantitative estimate of drug-likeness (QED) is 0.866. The number of aromatic nitrogens is 2. The largest absolute Gasteiger partial charge is 0.388 e. The van der Waals surface area contributed by atoms with Gasteiger partial charge in [-0.25, -0.2) is 4.68 Å². The molecule has 6 heteroatoms. The van der Waals surface area contributed by atoms with Crippen LogP contribution >= 0.6 is 15.9 Å². The Balaban J connectivity index is 2.10. The van der Waals surface area contributed by atoms with E-state index in [9.17, 15) is 9.90 Å². The molecule has 1 aliphatic carbocycles. The first-order valence-electron chi connectivity index (χ1n) is 5.20. The number of anilines is 1. The van der Waals surface area contributed by atoms with Gasteiger partial charge in [0.1, 0.15) is 4.47 Å². The SMILES string of the molecule is Cn1ncc(NCC2(O)CCC2)c(Br)c1=O. The van der Waals surface area contributed by atoms with E-state index in [1.165, 1.54) is 4.68 Å². The van der Waals surface area contributed by atoms with Gasteiger partial charge in [-0.15, -0.1) is 0 Å². The Morgan fingerprint density at radius 2 is 2.38 bits per heavy atom. The Morgan fingerprint density at radius 1 is 1.69 bits per heavy atom. The van der Waals surface area contributed by atoms with Crippen LogP contribution in [0.1, 0.15) is 19.3 Å². The third-order valence-corrected chi connectivity index (χ3v) is 3.74. The van der Waals surface area contributed by atoms with E-state index in [0.29, 0.717) is 16.7 Å². The maximum atomic E-state index is 11.5. The highest BCUT2D eigenvalue weighted by atomic mass is 79.9. The summed E-state index contributed by atoms with van der Waals surface area (Å²) in [5, 5.41) is 16.9. The molecule has 0 saturated heterocycles. The molecule has 2 N–H and O–H groups in total. The Morgan fingerprint density at radius 3 is 2.94 bits per heavy atom. The second kappa shape index (κ2) is 4.18. The van der Waals surface area contributed by atoms with Gasteiger partial charge in [0, 0.05) is 13.6 Å². The van der Waals surface area contributed by atoms with Gasteiger partial charge in [0.15, 0.2) is 0 Å². The summed E-state index contributed by atoms with van der Waals surface area (Å²) in [7, 11) is 1.59. The van der Waals surface area contributed by atoms with E-state index in [2.05, 4.69) is 26.3 Å². The first-order valence-corrected chi connectivity index (χ1v) is 5.99. The Bertz CT molecular complexity index is 454. The molecule has 0 amide bonds. The van der Waals surface area contributed by atoms with Crippen molar-refractivity contribution in [1.29, 1.82) is 0 Å². The number of halogens is 1. The smallest absolute Gasteiger partial charge is 0.282 e. The van der Waals surface area contributed by atoms with Crippen molar-refractivity contribution in [3.63, 3.8) is 0 Å². The molecule has 0 unspecified atom stereocenters. The van der Waals surface area contributed by atoms with Crippen molar-refractivity contribution in [2.45, 2.75) is 24.9 Å². The van der Waals surface area contributed by atoms with Crippen LogP contribution < -0.4 is 10.9 Å². The molecule has 1 heterocycles. The molecule has 88 valence electrons. The monoisotopic (exact) mass is 287 g/mol. The van der Waals surface area contributed by atoms with Gasteiger partial charge in [0.05, 0.1) is 17.5 Å². The van der Waals surface area contributed by atoms with E-state index in [4.69, 9.17) is 0 Å². The van der Waals surface area contributed by atoms with Gasteiger partial charge in [0.25, 0.3) is 5.56 Å². The van der Waals surface area contributed by atoms with Crippen LogP contribution in [-0.4, -0.2) is 27.0 Å². The van der Waals surface area contributed by atoms with Gasteiger partial charge in [-0.1, -0.05) is 0 Å². The highest BCUT2D eigenvalue weighted by Gasteiger charge is 2.34. The third-order valence-electron chi connectivity index (χ3n) is 2.97. The second-order valence-corrected chi connectivity index (χ2v) is 5.03. The summed E-state index contributed by atoms with van der Waals surface area (Å²) >= 11 is 3.22. The molecular formula is C10H14BrN3O2. The van der Waals surface area contributed by atoms with Crippen LogP contribution in [0.25, 0.3) is 0 Å². The van der Waals surface area contributed by atoms with Gasteiger partial charge in [-0.05, 0) is 35.2 Å². The van der Waals surface area contributed by atoms with E-state index in [0.717, 1.165) is 19.3 Å². The molecular weight excluding hydrogens is 274 g/mol. The molecule has 5 nitrogen and oxygen atoms in total. The second-order valence-electron chi connectivity index (χ2n) is 4.23. The van der Waals surface area contributed by atoms with Crippen molar-refractivity contribution < 1.29 is 5.11 Å². The lowest BCUT2D eigenvalue weighted by molar-refractivity contribution is -0.0202. The minimum absolute atomic E-state index is 0.189. The maximum Gasteiger partial charge on any atom is 0.282 e. The van der Waals surface area contributed by atoms with Crippen LogP contribution in [0.4, 0.5) is 5.69 Å². The molecule has 1 aromatic rings. The van der Waals surface area contributed by atoms with Gasteiger partial charge in [-0.3, -0.25) is 4.79 Å². The van der Waals surface area contributed by atoms with E-state index in [1.807, 2.05) is 0 Å². The van der Waals surface area contributed by atoms with Gasteiger partial charge < -0.3 is 10.4 Å². The summed E-state index contributed by atoms with van der Waals surface area (Å²) in [4.78, 5) is 11.5.